The Labute approximate surface area is 94.5 Å². The summed E-state index contributed by atoms with van der Waals surface area (Å²) in [5, 5.41) is 0.257. The second-order valence-electron chi connectivity index (χ2n) is 2.66. The van der Waals surface area contributed by atoms with Gasteiger partial charge in [-0.05, 0) is 0 Å². The van der Waals surface area contributed by atoms with Crippen molar-refractivity contribution >= 4 is 15.9 Å². The van der Waals surface area contributed by atoms with Gasteiger partial charge in [0.1, 0.15) is 11.4 Å². The van der Waals surface area contributed by atoms with Gasteiger partial charge in [0.15, 0.2) is 0 Å². The Bertz CT molecular complexity index is 347. The van der Waals surface area contributed by atoms with Crippen LogP contribution in [0, 0.1) is 0 Å². The smallest absolute Gasteiger partial charge is 0.280 e. The molecule has 1 heterocycles. The highest BCUT2D eigenvalue weighted by atomic mass is 79.9. The van der Waals surface area contributed by atoms with Crippen LogP contribution in [-0.4, -0.2) is 19.2 Å². The maximum Gasteiger partial charge on any atom is 0.280 e. The zero-order valence-electron chi connectivity index (χ0n) is 8.26. The number of rotatable bonds is 4. The Morgan fingerprint density at radius 1 is 1.40 bits per heavy atom. The lowest BCUT2D eigenvalue weighted by molar-refractivity contribution is 0.143. The van der Waals surface area contributed by atoms with E-state index in [2.05, 4.69) is 20.9 Å². The second-order valence-corrected chi connectivity index (χ2v) is 3.23. The first-order valence-corrected chi connectivity index (χ1v) is 5.22. The molecule has 1 rings (SSSR count). The summed E-state index contributed by atoms with van der Waals surface area (Å²) in [7, 11) is 2.78. The van der Waals surface area contributed by atoms with Crippen molar-refractivity contribution in [3.05, 3.63) is 17.3 Å². The molecule has 0 fully saturated rings. The molecule has 1 aromatic heterocycles. The minimum Gasteiger partial charge on any atom is -0.496 e. The molecule has 0 bridgehead atoms. The van der Waals surface area contributed by atoms with Crippen molar-refractivity contribution in [3.63, 3.8) is 0 Å². The predicted molar refractivity (Wildman–Crippen MR) is 54.9 cm³/mol. The Kier molecular flexibility index (Phi) is 4.26. The predicted octanol–water partition coefficient (Wildman–Crippen LogP) is 2.93. The van der Waals surface area contributed by atoms with Crippen molar-refractivity contribution < 1.29 is 18.3 Å². The number of halogens is 3. The average Bonchev–Trinajstić information content (AvgIpc) is 2.26. The van der Waals surface area contributed by atoms with Gasteiger partial charge in [0, 0.05) is 17.0 Å². The van der Waals surface area contributed by atoms with Gasteiger partial charge in [0.05, 0.1) is 14.2 Å². The van der Waals surface area contributed by atoms with Gasteiger partial charge in [-0.25, -0.2) is 13.8 Å². The lowest BCUT2D eigenvalue weighted by Crippen LogP contribution is -2.02. The van der Waals surface area contributed by atoms with E-state index in [9.17, 15) is 8.78 Å². The Hall–Kier alpha value is -0.910. The number of nitrogens with zero attached hydrogens (tertiary/aromatic N) is 1. The van der Waals surface area contributed by atoms with E-state index in [0.717, 1.165) is 0 Å². The third kappa shape index (κ3) is 2.56. The molecule has 0 aliphatic carbocycles. The Morgan fingerprint density at radius 3 is 2.47 bits per heavy atom. The normalized spacial score (nSPS) is 10.5. The van der Waals surface area contributed by atoms with Crippen LogP contribution in [0.3, 0.4) is 0 Å². The SMILES string of the molecule is COc1cc(OC)c(CBr)c(C(F)F)n1. The molecule has 6 heteroatoms. The van der Waals surface area contributed by atoms with E-state index in [-0.39, 0.29) is 16.9 Å². The number of hydrogen-bond acceptors (Lipinski definition) is 3. The molecule has 0 aliphatic rings. The van der Waals surface area contributed by atoms with Gasteiger partial charge in [0.25, 0.3) is 6.43 Å². The van der Waals surface area contributed by atoms with Gasteiger partial charge in [-0.1, -0.05) is 15.9 Å². The summed E-state index contributed by atoms with van der Waals surface area (Å²) in [6.07, 6.45) is -2.65. The van der Waals surface area contributed by atoms with Crippen LogP contribution < -0.4 is 9.47 Å². The quantitative estimate of drug-likeness (QED) is 0.796. The van der Waals surface area contributed by atoms with E-state index in [4.69, 9.17) is 9.47 Å². The van der Waals surface area contributed by atoms with Gasteiger partial charge >= 0.3 is 0 Å². The molecule has 0 saturated carbocycles. The minimum atomic E-state index is -2.65. The topological polar surface area (TPSA) is 31.4 Å². The van der Waals surface area contributed by atoms with Gasteiger partial charge in [0.2, 0.25) is 5.88 Å². The van der Waals surface area contributed by atoms with E-state index >= 15 is 0 Å². The molecule has 0 unspecified atom stereocenters. The van der Waals surface area contributed by atoms with Crippen molar-refractivity contribution in [1.29, 1.82) is 0 Å². The van der Waals surface area contributed by atoms with Crippen LogP contribution >= 0.6 is 15.9 Å². The first-order chi connectivity index (χ1) is 7.13. The van der Waals surface area contributed by atoms with Crippen molar-refractivity contribution in [2.75, 3.05) is 14.2 Å². The van der Waals surface area contributed by atoms with Crippen LogP contribution in [0.25, 0.3) is 0 Å². The van der Waals surface area contributed by atoms with E-state index in [0.29, 0.717) is 11.3 Å². The zero-order valence-corrected chi connectivity index (χ0v) is 9.85. The molecule has 0 aliphatic heterocycles. The molecule has 1 aromatic rings. The van der Waals surface area contributed by atoms with Crippen molar-refractivity contribution in [2.45, 2.75) is 11.8 Å². The minimum absolute atomic E-state index is 0.117. The first-order valence-electron chi connectivity index (χ1n) is 4.10. The van der Waals surface area contributed by atoms with Crippen LogP contribution in [0.2, 0.25) is 0 Å². The molecule has 0 N–H and O–H groups in total. The van der Waals surface area contributed by atoms with Gasteiger partial charge < -0.3 is 9.47 Å². The number of ether oxygens (including phenoxy) is 2. The summed E-state index contributed by atoms with van der Waals surface area (Å²) in [6.45, 7) is 0. The second kappa shape index (κ2) is 5.25. The van der Waals surface area contributed by atoms with E-state index in [1.54, 1.807) is 0 Å². The van der Waals surface area contributed by atoms with Crippen molar-refractivity contribution in [2.24, 2.45) is 0 Å². The molecule has 0 radical (unpaired) electrons. The van der Waals surface area contributed by atoms with Crippen molar-refractivity contribution in [1.82, 2.24) is 4.98 Å². The van der Waals surface area contributed by atoms with E-state index in [1.807, 2.05) is 0 Å². The molecule has 15 heavy (non-hydrogen) atoms. The van der Waals surface area contributed by atoms with Gasteiger partial charge in [-0.15, -0.1) is 0 Å². The standard InChI is InChI=1S/C9H10BrF2NO2/c1-14-6-3-7(15-2)13-8(9(11)12)5(6)4-10/h3,9H,4H2,1-2H3. The molecule has 0 aromatic carbocycles. The highest BCUT2D eigenvalue weighted by Crippen LogP contribution is 2.32. The summed E-state index contributed by atoms with van der Waals surface area (Å²) < 4.78 is 35.1. The summed E-state index contributed by atoms with van der Waals surface area (Å²) in [6, 6.07) is 1.47. The molecule has 0 spiro atoms. The molecule has 3 nitrogen and oxygen atoms in total. The monoisotopic (exact) mass is 281 g/mol. The third-order valence-corrected chi connectivity index (χ3v) is 2.42. The lowest BCUT2D eigenvalue weighted by Gasteiger charge is -2.12. The third-order valence-electron chi connectivity index (χ3n) is 1.86. The maximum atomic E-state index is 12.7. The average molecular weight is 282 g/mol. The fourth-order valence-electron chi connectivity index (χ4n) is 1.15. The van der Waals surface area contributed by atoms with Crippen LogP contribution in [0.4, 0.5) is 8.78 Å². The number of methoxy groups -OCH3 is 2. The molecule has 0 atom stereocenters. The fraction of sp³-hybridized carbons (Fsp3) is 0.444. The number of pyridine rings is 1. The highest BCUT2D eigenvalue weighted by molar-refractivity contribution is 9.08. The van der Waals surface area contributed by atoms with Crippen molar-refractivity contribution in [3.8, 4) is 11.6 Å². The number of hydrogen-bond donors (Lipinski definition) is 0. The van der Waals surface area contributed by atoms with Gasteiger partial charge in [-0.2, -0.15) is 0 Å². The molecule has 0 saturated heterocycles. The largest absolute Gasteiger partial charge is 0.496 e. The highest BCUT2D eigenvalue weighted by Gasteiger charge is 2.20. The zero-order chi connectivity index (χ0) is 11.4. The summed E-state index contributed by atoms with van der Waals surface area (Å²) >= 11 is 3.12. The molecular formula is C9H10BrF2NO2. The maximum absolute atomic E-state index is 12.7. The summed E-state index contributed by atoms with van der Waals surface area (Å²) in [4.78, 5) is 3.69. The molecule has 0 amide bonds. The lowest BCUT2D eigenvalue weighted by atomic mass is 10.2. The van der Waals surface area contributed by atoms with E-state index < -0.39 is 6.43 Å². The van der Waals surface area contributed by atoms with E-state index in [1.165, 1.54) is 20.3 Å². The molecular weight excluding hydrogens is 272 g/mol. The van der Waals surface area contributed by atoms with Gasteiger partial charge in [-0.3, -0.25) is 0 Å². The van der Waals surface area contributed by atoms with Crippen LogP contribution in [0.15, 0.2) is 6.07 Å². The number of aromatic nitrogens is 1. The van der Waals surface area contributed by atoms with Crippen LogP contribution in [0.5, 0.6) is 11.6 Å². The Morgan fingerprint density at radius 2 is 2.07 bits per heavy atom. The summed E-state index contributed by atoms with van der Waals surface area (Å²) in [5.41, 5.74) is 0.0244. The first kappa shape index (κ1) is 12.2. The number of alkyl halides is 3. The molecule has 84 valence electrons. The Balaban J connectivity index is 3.32. The fourth-order valence-corrected chi connectivity index (χ4v) is 1.71. The van der Waals surface area contributed by atoms with Crippen LogP contribution in [0.1, 0.15) is 17.7 Å². The van der Waals surface area contributed by atoms with Crippen LogP contribution in [-0.2, 0) is 5.33 Å². The summed E-state index contributed by atoms with van der Waals surface area (Å²) in [5.74, 6) is 0.459.